The number of piperidine rings is 1. The molecule has 0 radical (unpaired) electrons. The molecule has 0 aromatic carbocycles. The Morgan fingerprint density at radius 1 is 1.39 bits per heavy atom. The van der Waals surface area contributed by atoms with E-state index in [2.05, 4.69) is 0 Å². The van der Waals surface area contributed by atoms with Crippen molar-refractivity contribution in [3.63, 3.8) is 0 Å². The number of carbonyl (C=O) groups is 1. The molecular weight excluding hydrogens is 299 g/mol. The Kier molecular flexibility index (Phi) is 4.87. The first-order valence-electron chi connectivity index (χ1n) is 7.67. The molecule has 0 saturated carbocycles. The van der Waals surface area contributed by atoms with Gasteiger partial charge in [-0.15, -0.1) is 0 Å². The Morgan fingerprint density at radius 2 is 2.09 bits per heavy atom. The molecule has 7 heteroatoms. The van der Waals surface area contributed by atoms with E-state index >= 15 is 0 Å². The lowest BCUT2D eigenvalue weighted by atomic mass is 9.97. The molecular formula is C16H23FN4O2. The van der Waals surface area contributed by atoms with Gasteiger partial charge in [0.2, 0.25) is 0 Å². The predicted octanol–water partition coefficient (Wildman–Crippen LogP) is 2.58. The van der Waals surface area contributed by atoms with Gasteiger partial charge in [-0.1, -0.05) is 0 Å². The lowest BCUT2D eigenvalue weighted by Gasteiger charge is -2.34. The number of nitrogens with zero attached hydrogens (tertiary/aromatic N) is 2. The number of ether oxygens (including phenoxy) is 1. The van der Waals surface area contributed by atoms with Gasteiger partial charge in [0, 0.05) is 25.2 Å². The predicted molar refractivity (Wildman–Crippen MR) is 83.9 cm³/mol. The van der Waals surface area contributed by atoms with E-state index in [1.165, 1.54) is 16.7 Å². The minimum Gasteiger partial charge on any atom is -0.444 e. The van der Waals surface area contributed by atoms with Crippen molar-refractivity contribution in [3.8, 4) is 0 Å². The fourth-order valence-electron chi connectivity index (χ4n) is 2.56. The Bertz CT molecular complexity index is 663. The SMILES string of the molecule is CC(C)(C)OC(=O)N1CCCC(C(=N)n2cc(F)ccc2=N)C1. The summed E-state index contributed by atoms with van der Waals surface area (Å²) in [7, 11) is 0. The van der Waals surface area contributed by atoms with Gasteiger partial charge in [-0.2, -0.15) is 0 Å². The maximum atomic E-state index is 13.4. The maximum absolute atomic E-state index is 13.4. The number of amides is 1. The van der Waals surface area contributed by atoms with Crippen LogP contribution in [0.25, 0.3) is 0 Å². The monoisotopic (exact) mass is 322 g/mol. The van der Waals surface area contributed by atoms with Gasteiger partial charge in [0.1, 0.15) is 22.7 Å². The molecule has 2 N–H and O–H groups in total. The average Bonchev–Trinajstić information content (AvgIpc) is 2.47. The smallest absolute Gasteiger partial charge is 0.410 e. The van der Waals surface area contributed by atoms with E-state index in [9.17, 15) is 9.18 Å². The molecule has 1 aromatic heterocycles. The Morgan fingerprint density at radius 3 is 2.74 bits per heavy atom. The van der Waals surface area contributed by atoms with Gasteiger partial charge >= 0.3 is 6.09 Å². The highest BCUT2D eigenvalue weighted by molar-refractivity contribution is 5.84. The summed E-state index contributed by atoms with van der Waals surface area (Å²) in [5.74, 6) is -0.611. The maximum Gasteiger partial charge on any atom is 0.410 e. The topological polar surface area (TPSA) is 82.2 Å². The molecule has 1 saturated heterocycles. The fourth-order valence-corrected chi connectivity index (χ4v) is 2.56. The third-order valence-electron chi connectivity index (χ3n) is 3.63. The van der Waals surface area contributed by atoms with Gasteiger partial charge in [-0.3, -0.25) is 15.4 Å². The summed E-state index contributed by atoms with van der Waals surface area (Å²) in [4.78, 5) is 13.7. The quantitative estimate of drug-likeness (QED) is 0.615. The van der Waals surface area contributed by atoms with Crippen LogP contribution in [0.5, 0.6) is 0 Å². The van der Waals surface area contributed by atoms with Crippen molar-refractivity contribution >= 4 is 11.9 Å². The van der Waals surface area contributed by atoms with Crippen LogP contribution in [-0.4, -0.2) is 40.1 Å². The molecule has 1 unspecified atom stereocenters. The highest BCUT2D eigenvalue weighted by atomic mass is 19.1. The molecule has 126 valence electrons. The van der Waals surface area contributed by atoms with E-state index in [0.29, 0.717) is 13.1 Å². The molecule has 1 atom stereocenters. The van der Waals surface area contributed by atoms with Crippen molar-refractivity contribution < 1.29 is 13.9 Å². The van der Waals surface area contributed by atoms with Crippen LogP contribution in [0.3, 0.4) is 0 Å². The molecule has 2 heterocycles. The molecule has 1 aromatic rings. The van der Waals surface area contributed by atoms with Gasteiger partial charge in [0.05, 0.1) is 0 Å². The van der Waals surface area contributed by atoms with Crippen LogP contribution in [0.4, 0.5) is 9.18 Å². The first-order valence-corrected chi connectivity index (χ1v) is 7.67. The zero-order valence-corrected chi connectivity index (χ0v) is 13.7. The Hall–Kier alpha value is -2.18. The van der Waals surface area contributed by atoms with Crippen molar-refractivity contribution in [2.45, 2.75) is 39.2 Å². The third kappa shape index (κ3) is 4.40. The molecule has 2 rings (SSSR count). The minimum absolute atomic E-state index is 0.0470. The molecule has 0 spiro atoms. The molecule has 1 amide bonds. The largest absolute Gasteiger partial charge is 0.444 e. The number of nitrogens with one attached hydrogen (secondary N) is 2. The van der Waals surface area contributed by atoms with Crippen molar-refractivity contribution in [1.82, 2.24) is 9.47 Å². The average molecular weight is 322 g/mol. The van der Waals surface area contributed by atoms with E-state index in [-0.39, 0.29) is 17.2 Å². The van der Waals surface area contributed by atoms with Crippen LogP contribution < -0.4 is 5.49 Å². The highest BCUT2D eigenvalue weighted by Gasteiger charge is 2.30. The number of hydrogen-bond acceptors (Lipinski definition) is 4. The van der Waals surface area contributed by atoms with Crippen molar-refractivity contribution in [2.75, 3.05) is 13.1 Å². The standard InChI is InChI=1S/C16H23FN4O2/c1-16(2,3)23-15(22)20-8-4-5-11(9-20)14(19)21-10-12(17)6-7-13(21)18/h6-7,10-11,18-19H,4-5,8-9H2,1-3H3. The number of pyridine rings is 1. The lowest BCUT2D eigenvalue weighted by molar-refractivity contribution is 0.0193. The first-order chi connectivity index (χ1) is 10.7. The number of carbonyl (C=O) groups excluding carboxylic acids is 1. The Balaban J connectivity index is 2.12. The molecule has 0 bridgehead atoms. The van der Waals surface area contributed by atoms with Crippen LogP contribution in [-0.2, 0) is 4.74 Å². The van der Waals surface area contributed by atoms with E-state index < -0.39 is 17.5 Å². The van der Waals surface area contributed by atoms with Gasteiger partial charge in [0.25, 0.3) is 0 Å². The molecule has 23 heavy (non-hydrogen) atoms. The van der Waals surface area contributed by atoms with Crippen molar-refractivity contribution in [1.29, 1.82) is 10.8 Å². The van der Waals surface area contributed by atoms with E-state index in [4.69, 9.17) is 15.6 Å². The summed E-state index contributed by atoms with van der Waals surface area (Å²) < 4.78 is 20.0. The minimum atomic E-state index is -0.566. The third-order valence-corrected chi connectivity index (χ3v) is 3.63. The van der Waals surface area contributed by atoms with Gasteiger partial charge < -0.3 is 9.64 Å². The molecule has 1 aliphatic heterocycles. The second kappa shape index (κ2) is 6.52. The van der Waals surface area contributed by atoms with E-state index in [0.717, 1.165) is 19.0 Å². The number of likely N-dealkylation sites (tertiary alicyclic amines) is 1. The van der Waals surface area contributed by atoms with Gasteiger partial charge in [0.15, 0.2) is 0 Å². The molecule has 0 aliphatic carbocycles. The zero-order chi connectivity index (χ0) is 17.2. The van der Waals surface area contributed by atoms with E-state index in [1.54, 1.807) is 4.90 Å². The zero-order valence-electron chi connectivity index (χ0n) is 13.7. The van der Waals surface area contributed by atoms with Crippen molar-refractivity contribution in [3.05, 3.63) is 29.6 Å². The van der Waals surface area contributed by atoms with Crippen LogP contribution >= 0.6 is 0 Å². The number of hydrogen-bond donors (Lipinski definition) is 2. The summed E-state index contributed by atoms with van der Waals surface area (Å²) in [6.07, 6.45) is 2.21. The van der Waals surface area contributed by atoms with Crippen molar-refractivity contribution in [2.24, 2.45) is 5.92 Å². The number of aromatic nitrogens is 1. The molecule has 6 nitrogen and oxygen atoms in total. The second-order valence-electron chi connectivity index (χ2n) is 6.75. The van der Waals surface area contributed by atoms with E-state index in [1.807, 2.05) is 20.8 Å². The van der Waals surface area contributed by atoms with Crippen LogP contribution in [0.15, 0.2) is 18.3 Å². The second-order valence-corrected chi connectivity index (χ2v) is 6.75. The van der Waals surface area contributed by atoms with Crippen LogP contribution in [0.1, 0.15) is 33.6 Å². The summed E-state index contributed by atoms with van der Waals surface area (Å²) in [5, 5.41) is 16.1. The summed E-state index contributed by atoms with van der Waals surface area (Å²) in [6.45, 7) is 6.35. The number of rotatable bonds is 1. The highest BCUT2D eigenvalue weighted by Crippen LogP contribution is 2.20. The summed E-state index contributed by atoms with van der Waals surface area (Å²) in [6, 6.07) is 2.51. The van der Waals surface area contributed by atoms with Gasteiger partial charge in [-0.05, 0) is 45.7 Å². The summed E-state index contributed by atoms with van der Waals surface area (Å²) >= 11 is 0. The molecule has 1 fully saturated rings. The lowest BCUT2D eigenvalue weighted by Crippen LogP contribution is -2.46. The van der Waals surface area contributed by atoms with Crippen LogP contribution in [0.2, 0.25) is 0 Å². The summed E-state index contributed by atoms with van der Waals surface area (Å²) in [5.41, 5.74) is -0.519. The Labute approximate surface area is 134 Å². The molecule has 1 aliphatic rings. The van der Waals surface area contributed by atoms with Gasteiger partial charge in [-0.25, -0.2) is 9.18 Å². The van der Waals surface area contributed by atoms with Crippen LogP contribution in [0, 0.1) is 22.6 Å². The fraction of sp³-hybridized carbons (Fsp3) is 0.562. The first kappa shape index (κ1) is 17.2. The number of halogens is 1. The normalized spacial score (nSPS) is 18.6.